The Hall–Kier alpha value is -1.50. The molecule has 1 aliphatic rings. The van der Waals surface area contributed by atoms with Crippen molar-refractivity contribution in [3.63, 3.8) is 0 Å². The van der Waals surface area contributed by atoms with Crippen LogP contribution < -0.4 is 4.72 Å². The van der Waals surface area contributed by atoms with Crippen molar-refractivity contribution in [1.29, 1.82) is 0 Å². The Bertz CT molecular complexity index is 786. The van der Waals surface area contributed by atoms with E-state index in [-0.39, 0.29) is 23.0 Å². The molecule has 0 aliphatic heterocycles. The van der Waals surface area contributed by atoms with E-state index in [1.54, 1.807) is 30.6 Å². The Morgan fingerprint density at radius 3 is 3.00 bits per heavy atom. The maximum Gasteiger partial charge on any atom is 0.241 e. The summed E-state index contributed by atoms with van der Waals surface area (Å²) in [4.78, 5) is 4.29. The molecular weight excluding hydrogens is 300 g/mol. The number of pyridine rings is 1. The second-order valence-corrected chi connectivity index (χ2v) is 7.91. The average Bonchev–Trinajstić information content (AvgIpc) is 2.87. The summed E-state index contributed by atoms with van der Waals surface area (Å²) in [7, 11) is -3.64. The van der Waals surface area contributed by atoms with E-state index < -0.39 is 10.0 Å². The van der Waals surface area contributed by atoms with Crippen LogP contribution in [0.15, 0.2) is 41.6 Å². The molecule has 1 fully saturated rings. The highest BCUT2D eigenvalue weighted by atomic mass is 32.2. The molecule has 1 saturated carbocycles. The van der Waals surface area contributed by atoms with Crippen LogP contribution in [0.25, 0.3) is 10.8 Å². The van der Waals surface area contributed by atoms with Crippen LogP contribution in [0.1, 0.15) is 26.2 Å². The van der Waals surface area contributed by atoms with E-state index in [0.29, 0.717) is 5.39 Å². The molecule has 2 atom stereocenters. The number of hydrogen-bond donors (Lipinski definition) is 2. The van der Waals surface area contributed by atoms with Crippen molar-refractivity contribution in [2.75, 3.05) is 6.61 Å². The molecule has 22 heavy (non-hydrogen) atoms. The van der Waals surface area contributed by atoms with Crippen molar-refractivity contribution < 1.29 is 13.5 Å². The van der Waals surface area contributed by atoms with E-state index in [0.717, 1.165) is 24.6 Å². The van der Waals surface area contributed by atoms with Crippen molar-refractivity contribution in [3.8, 4) is 0 Å². The van der Waals surface area contributed by atoms with E-state index in [4.69, 9.17) is 0 Å². The molecule has 2 N–H and O–H groups in total. The number of rotatable bonds is 4. The van der Waals surface area contributed by atoms with Gasteiger partial charge in [0.1, 0.15) is 0 Å². The largest absolute Gasteiger partial charge is 0.396 e. The fourth-order valence-electron chi connectivity index (χ4n) is 3.20. The molecule has 6 heteroatoms. The lowest BCUT2D eigenvalue weighted by Gasteiger charge is -2.30. The summed E-state index contributed by atoms with van der Waals surface area (Å²) >= 11 is 0. The number of nitrogens with zero attached hydrogens (tertiary/aromatic N) is 1. The summed E-state index contributed by atoms with van der Waals surface area (Å²) in [6.07, 6.45) is 5.75. The van der Waals surface area contributed by atoms with Gasteiger partial charge in [0.05, 0.1) is 4.90 Å². The molecule has 1 heterocycles. The highest BCUT2D eigenvalue weighted by molar-refractivity contribution is 7.89. The minimum absolute atomic E-state index is 0.0142. The first kappa shape index (κ1) is 15.4. The monoisotopic (exact) mass is 320 g/mol. The SMILES string of the molecule is C[C@]1(CO)CCC[C@@H]1NS(=O)(=O)c1cccc2cnccc12. The van der Waals surface area contributed by atoms with E-state index in [2.05, 4.69) is 9.71 Å². The Balaban J connectivity index is 1.99. The van der Waals surface area contributed by atoms with Crippen LogP contribution in [0.5, 0.6) is 0 Å². The third-order valence-electron chi connectivity index (χ3n) is 4.67. The molecule has 3 rings (SSSR count). The minimum Gasteiger partial charge on any atom is -0.396 e. The van der Waals surface area contributed by atoms with Gasteiger partial charge in [-0.1, -0.05) is 25.5 Å². The van der Waals surface area contributed by atoms with Gasteiger partial charge in [-0.15, -0.1) is 0 Å². The lowest BCUT2D eigenvalue weighted by molar-refractivity contribution is 0.127. The molecule has 5 nitrogen and oxygen atoms in total. The number of benzene rings is 1. The number of nitrogens with one attached hydrogen (secondary N) is 1. The van der Waals surface area contributed by atoms with Gasteiger partial charge >= 0.3 is 0 Å². The minimum atomic E-state index is -3.64. The van der Waals surface area contributed by atoms with E-state index in [1.165, 1.54) is 0 Å². The summed E-state index contributed by atoms with van der Waals surface area (Å²) in [6.45, 7) is 1.92. The first-order valence-corrected chi connectivity index (χ1v) is 8.90. The lowest BCUT2D eigenvalue weighted by atomic mass is 9.86. The Kier molecular flexibility index (Phi) is 3.92. The maximum absolute atomic E-state index is 12.8. The average molecular weight is 320 g/mol. The predicted molar refractivity (Wildman–Crippen MR) is 84.9 cm³/mol. The first-order chi connectivity index (χ1) is 10.5. The summed E-state index contributed by atoms with van der Waals surface area (Å²) in [5, 5.41) is 11.0. The van der Waals surface area contributed by atoms with Crippen molar-refractivity contribution in [3.05, 3.63) is 36.7 Å². The summed E-state index contributed by atoms with van der Waals surface area (Å²) in [5.41, 5.74) is -0.390. The first-order valence-electron chi connectivity index (χ1n) is 7.42. The summed E-state index contributed by atoms with van der Waals surface area (Å²) in [6, 6.07) is 6.65. The molecule has 1 aliphatic carbocycles. The predicted octanol–water partition coefficient (Wildman–Crippen LogP) is 2.06. The van der Waals surface area contributed by atoms with Crippen LogP contribution >= 0.6 is 0 Å². The van der Waals surface area contributed by atoms with Crippen molar-refractivity contribution in [1.82, 2.24) is 9.71 Å². The number of sulfonamides is 1. The molecule has 2 aromatic rings. The highest BCUT2D eigenvalue weighted by Crippen LogP contribution is 2.38. The van der Waals surface area contributed by atoms with Gasteiger partial charge in [0.25, 0.3) is 0 Å². The van der Waals surface area contributed by atoms with Gasteiger partial charge in [-0.2, -0.15) is 0 Å². The quantitative estimate of drug-likeness (QED) is 0.904. The van der Waals surface area contributed by atoms with Crippen LogP contribution in [-0.2, 0) is 10.0 Å². The van der Waals surface area contributed by atoms with Gasteiger partial charge in [-0.3, -0.25) is 4.98 Å². The lowest BCUT2D eigenvalue weighted by Crippen LogP contribution is -2.44. The number of aromatic nitrogens is 1. The zero-order valence-corrected chi connectivity index (χ0v) is 13.3. The Morgan fingerprint density at radius 2 is 2.23 bits per heavy atom. The number of hydrogen-bond acceptors (Lipinski definition) is 4. The highest BCUT2D eigenvalue weighted by Gasteiger charge is 2.40. The van der Waals surface area contributed by atoms with Crippen molar-refractivity contribution >= 4 is 20.8 Å². The van der Waals surface area contributed by atoms with Crippen molar-refractivity contribution in [2.45, 2.75) is 37.1 Å². The molecule has 1 aromatic heterocycles. The van der Waals surface area contributed by atoms with E-state index in [1.807, 2.05) is 13.0 Å². The van der Waals surface area contributed by atoms with Crippen LogP contribution in [0, 0.1) is 5.41 Å². The maximum atomic E-state index is 12.8. The van der Waals surface area contributed by atoms with Crippen LogP contribution in [-0.4, -0.2) is 31.2 Å². The van der Waals surface area contributed by atoms with Crippen LogP contribution in [0.3, 0.4) is 0 Å². The fraction of sp³-hybridized carbons (Fsp3) is 0.438. The number of aliphatic hydroxyl groups is 1. The topological polar surface area (TPSA) is 79.3 Å². The standard InChI is InChI=1S/C16H20N2O3S/c1-16(11-19)8-3-6-15(16)18-22(20,21)14-5-2-4-12-10-17-9-7-13(12)14/h2,4-5,7,9-10,15,18-19H,3,6,8,11H2,1H3/t15-,16+/m0/s1. The third-order valence-corrected chi connectivity index (χ3v) is 6.20. The molecular formula is C16H20N2O3S. The second kappa shape index (κ2) is 5.61. The van der Waals surface area contributed by atoms with Crippen LogP contribution in [0.2, 0.25) is 0 Å². The summed E-state index contributed by atoms with van der Waals surface area (Å²) in [5.74, 6) is 0. The van der Waals surface area contributed by atoms with E-state index in [9.17, 15) is 13.5 Å². The molecule has 0 unspecified atom stereocenters. The van der Waals surface area contributed by atoms with Gasteiger partial charge in [0.2, 0.25) is 10.0 Å². The van der Waals surface area contributed by atoms with Crippen molar-refractivity contribution in [2.24, 2.45) is 5.41 Å². The Morgan fingerprint density at radius 1 is 1.41 bits per heavy atom. The smallest absolute Gasteiger partial charge is 0.241 e. The molecule has 0 spiro atoms. The normalized spacial score (nSPS) is 25.6. The molecule has 0 radical (unpaired) electrons. The van der Waals surface area contributed by atoms with Gasteiger partial charge in [0, 0.05) is 41.2 Å². The van der Waals surface area contributed by atoms with Gasteiger partial charge in [-0.05, 0) is 25.0 Å². The molecule has 1 aromatic carbocycles. The van der Waals surface area contributed by atoms with Gasteiger partial charge < -0.3 is 5.11 Å². The zero-order valence-electron chi connectivity index (χ0n) is 12.5. The number of fused-ring (bicyclic) bond motifs is 1. The molecule has 0 amide bonds. The van der Waals surface area contributed by atoms with Gasteiger partial charge in [0.15, 0.2) is 0 Å². The third kappa shape index (κ3) is 2.62. The van der Waals surface area contributed by atoms with Gasteiger partial charge in [-0.25, -0.2) is 13.1 Å². The van der Waals surface area contributed by atoms with Crippen LogP contribution in [0.4, 0.5) is 0 Å². The van der Waals surface area contributed by atoms with E-state index >= 15 is 0 Å². The zero-order chi connectivity index (χ0) is 15.8. The summed E-state index contributed by atoms with van der Waals surface area (Å²) < 4.78 is 28.4. The number of aliphatic hydroxyl groups excluding tert-OH is 1. The molecule has 0 bridgehead atoms. The molecule has 118 valence electrons. The fourth-order valence-corrected chi connectivity index (χ4v) is 4.84. The Labute approximate surface area is 130 Å². The second-order valence-electron chi connectivity index (χ2n) is 6.23. The molecule has 0 saturated heterocycles.